The quantitative estimate of drug-likeness (QED) is 0.832. The lowest BCUT2D eigenvalue weighted by Gasteiger charge is -2.32. The van der Waals surface area contributed by atoms with Gasteiger partial charge >= 0.3 is 5.97 Å². The molecule has 110 valence electrons. The molecule has 0 saturated heterocycles. The van der Waals surface area contributed by atoms with E-state index in [1.165, 1.54) is 31.7 Å². The number of anilines is 1. The Morgan fingerprint density at radius 2 is 2.20 bits per heavy atom. The van der Waals surface area contributed by atoms with E-state index in [0.29, 0.717) is 23.7 Å². The van der Waals surface area contributed by atoms with E-state index in [2.05, 4.69) is 10.1 Å². The Kier molecular flexibility index (Phi) is 4.95. The number of rotatable bonds is 4. The van der Waals surface area contributed by atoms with Gasteiger partial charge in [-0.25, -0.2) is 9.18 Å². The van der Waals surface area contributed by atoms with Crippen LogP contribution in [0.2, 0.25) is 0 Å². The monoisotopic (exact) mass is 280 g/mol. The van der Waals surface area contributed by atoms with E-state index in [1.54, 1.807) is 0 Å². The molecule has 0 heterocycles. The van der Waals surface area contributed by atoms with Gasteiger partial charge in [-0.1, -0.05) is 12.8 Å². The largest absolute Gasteiger partial charge is 0.465 e. The van der Waals surface area contributed by atoms with Gasteiger partial charge in [0.15, 0.2) is 0 Å². The first-order valence-electron chi connectivity index (χ1n) is 7.00. The predicted molar refractivity (Wildman–Crippen MR) is 76.2 cm³/mol. The van der Waals surface area contributed by atoms with E-state index in [9.17, 15) is 9.18 Å². The first kappa shape index (κ1) is 14.8. The number of carbonyl (C=O) groups excluding carboxylic acids is 1. The second-order valence-electron chi connectivity index (χ2n) is 5.22. The Bertz CT molecular complexity index is 479. The number of carbonyl (C=O) groups is 1. The molecule has 2 atom stereocenters. The number of halogens is 1. The smallest absolute Gasteiger partial charge is 0.337 e. The number of nitrogens with one attached hydrogen (secondary N) is 1. The minimum absolute atomic E-state index is 0.163. The maximum absolute atomic E-state index is 13.9. The van der Waals surface area contributed by atoms with Crippen molar-refractivity contribution < 1.29 is 13.9 Å². The lowest BCUT2D eigenvalue weighted by atomic mass is 9.84. The summed E-state index contributed by atoms with van der Waals surface area (Å²) in [6.45, 7) is 0.593. The van der Waals surface area contributed by atoms with Crippen LogP contribution in [0.4, 0.5) is 10.1 Å². The van der Waals surface area contributed by atoms with E-state index in [0.717, 1.165) is 19.3 Å². The van der Waals surface area contributed by atoms with Crippen LogP contribution >= 0.6 is 0 Å². The molecule has 2 unspecified atom stereocenters. The van der Waals surface area contributed by atoms with Gasteiger partial charge in [0, 0.05) is 6.04 Å². The van der Waals surface area contributed by atoms with E-state index in [-0.39, 0.29) is 11.9 Å². The highest BCUT2D eigenvalue weighted by Gasteiger charge is 2.24. The van der Waals surface area contributed by atoms with Crippen LogP contribution in [0.15, 0.2) is 18.2 Å². The molecule has 1 saturated carbocycles. The summed E-state index contributed by atoms with van der Waals surface area (Å²) in [5.74, 6) is -0.476. The molecule has 1 aliphatic carbocycles. The van der Waals surface area contributed by atoms with Crippen molar-refractivity contribution in [2.45, 2.75) is 31.7 Å². The molecule has 0 aromatic heterocycles. The van der Waals surface area contributed by atoms with Crippen molar-refractivity contribution in [3.63, 3.8) is 0 Å². The fraction of sp³-hybridized carbons (Fsp3) is 0.533. The lowest BCUT2D eigenvalue weighted by molar-refractivity contribution is 0.0600. The molecule has 3 N–H and O–H groups in total. The zero-order valence-electron chi connectivity index (χ0n) is 11.7. The Labute approximate surface area is 118 Å². The predicted octanol–water partition coefficient (Wildman–Crippen LogP) is 2.54. The molecule has 0 amide bonds. The molecule has 0 aliphatic heterocycles. The normalized spacial score (nSPS) is 22.4. The molecule has 1 fully saturated rings. The Balaban J connectivity index is 2.17. The van der Waals surface area contributed by atoms with Gasteiger partial charge in [-0.3, -0.25) is 0 Å². The van der Waals surface area contributed by atoms with Crippen LogP contribution in [-0.2, 0) is 4.74 Å². The first-order valence-corrected chi connectivity index (χ1v) is 7.00. The van der Waals surface area contributed by atoms with Crippen molar-refractivity contribution in [1.29, 1.82) is 0 Å². The summed E-state index contributed by atoms with van der Waals surface area (Å²) in [6.07, 6.45) is 4.33. The van der Waals surface area contributed by atoms with E-state index in [4.69, 9.17) is 5.73 Å². The number of benzene rings is 1. The molecule has 0 spiro atoms. The Morgan fingerprint density at radius 1 is 1.45 bits per heavy atom. The average Bonchev–Trinajstić information content (AvgIpc) is 2.49. The average molecular weight is 280 g/mol. The van der Waals surface area contributed by atoms with Crippen LogP contribution in [0.5, 0.6) is 0 Å². The van der Waals surface area contributed by atoms with Crippen molar-refractivity contribution in [2.75, 3.05) is 19.0 Å². The van der Waals surface area contributed by atoms with Gasteiger partial charge in [-0.15, -0.1) is 0 Å². The number of ether oxygens (including phenoxy) is 1. The summed E-state index contributed by atoms with van der Waals surface area (Å²) >= 11 is 0. The fourth-order valence-corrected chi connectivity index (χ4v) is 2.76. The molecule has 0 radical (unpaired) electrons. The third-order valence-corrected chi connectivity index (χ3v) is 3.94. The number of esters is 1. The van der Waals surface area contributed by atoms with Gasteiger partial charge in [0.25, 0.3) is 0 Å². The van der Waals surface area contributed by atoms with Crippen molar-refractivity contribution in [3.05, 3.63) is 29.6 Å². The number of hydrogen-bond acceptors (Lipinski definition) is 4. The van der Waals surface area contributed by atoms with Crippen molar-refractivity contribution in [1.82, 2.24) is 0 Å². The number of nitrogens with two attached hydrogens (primary N) is 1. The minimum atomic E-state index is -0.466. The standard InChI is InChI=1S/C15H21FN2O2/c1-20-15(19)10-6-7-12(16)14(8-10)18-13-5-3-2-4-11(13)9-17/h6-8,11,13,18H,2-5,9,17H2,1H3. The molecule has 5 heteroatoms. The molecule has 1 aromatic rings. The van der Waals surface area contributed by atoms with Gasteiger partial charge in [-0.05, 0) is 43.5 Å². The summed E-state index contributed by atoms with van der Waals surface area (Å²) in [4.78, 5) is 11.5. The third-order valence-electron chi connectivity index (χ3n) is 3.94. The molecule has 20 heavy (non-hydrogen) atoms. The van der Waals surface area contributed by atoms with Crippen molar-refractivity contribution in [3.8, 4) is 0 Å². The third kappa shape index (κ3) is 3.28. The van der Waals surface area contributed by atoms with E-state index < -0.39 is 5.97 Å². The highest BCUT2D eigenvalue weighted by molar-refractivity contribution is 5.90. The van der Waals surface area contributed by atoms with Crippen LogP contribution in [0, 0.1) is 11.7 Å². The molecule has 2 rings (SSSR count). The number of hydrogen-bond donors (Lipinski definition) is 2. The van der Waals surface area contributed by atoms with Gasteiger partial charge in [0.05, 0.1) is 18.4 Å². The molecular formula is C15H21FN2O2. The minimum Gasteiger partial charge on any atom is -0.465 e. The van der Waals surface area contributed by atoms with Crippen LogP contribution in [0.1, 0.15) is 36.0 Å². The SMILES string of the molecule is COC(=O)c1ccc(F)c(NC2CCCCC2CN)c1. The molecule has 1 aliphatic rings. The zero-order chi connectivity index (χ0) is 14.5. The first-order chi connectivity index (χ1) is 9.65. The summed E-state index contributed by atoms with van der Waals surface area (Å²) in [5.41, 5.74) is 6.47. The van der Waals surface area contributed by atoms with Crippen LogP contribution in [0.25, 0.3) is 0 Å². The van der Waals surface area contributed by atoms with Gasteiger partial charge in [-0.2, -0.15) is 0 Å². The van der Waals surface area contributed by atoms with Crippen LogP contribution in [0.3, 0.4) is 0 Å². The van der Waals surface area contributed by atoms with Crippen LogP contribution in [-0.4, -0.2) is 25.7 Å². The summed E-state index contributed by atoms with van der Waals surface area (Å²) < 4.78 is 18.5. The second kappa shape index (κ2) is 6.70. The van der Waals surface area contributed by atoms with E-state index in [1.807, 2.05) is 0 Å². The zero-order valence-corrected chi connectivity index (χ0v) is 11.7. The maximum Gasteiger partial charge on any atom is 0.337 e. The Hall–Kier alpha value is -1.62. The molecule has 1 aromatic carbocycles. The molecule has 0 bridgehead atoms. The van der Waals surface area contributed by atoms with Gasteiger partial charge in [0.2, 0.25) is 0 Å². The van der Waals surface area contributed by atoms with Crippen molar-refractivity contribution in [2.24, 2.45) is 11.7 Å². The van der Waals surface area contributed by atoms with Gasteiger partial charge < -0.3 is 15.8 Å². The Morgan fingerprint density at radius 3 is 2.90 bits per heavy atom. The second-order valence-corrected chi connectivity index (χ2v) is 5.22. The van der Waals surface area contributed by atoms with Crippen molar-refractivity contribution >= 4 is 11.7 Å². The molecule has 4 nitrogen and oxygen atoms in total. The highest BCUT2D eigenvalue weighted by Crippen LogP contribution is 2.28. The fourth-order valence-electron chi connectivity index (χ4n) is 2.76. The van der Waals surface area contributed by atoms with Gasteiger partial charge in [0.1, 0.15) is 5.82 Å². The number of methoxy groups -OCH3 is 1. The van der Waals surface area contributed by atoms with Crippen LogP contribution < -0.4 is 11.1 Å². The summed E-state index contributed by atoms with van der Waals surface area (Å²) in [6, 6.07) is 4.38. The summed E-state index contributed by atoms with van der Waals surface area (Å²) in [5, 5.41) is 3.21. The highest BCUT2D eigenvalue weighted by atomic mass is 19.1. The molecular weight excluding hydrogens is 259 g/mol. The topological polar surface area (TPSA) is 64.3 Å². The maximum atomic E-state index is 13.9. The van der Waals surface area contributed by atoms with E-state index >= 15 is 0 Å². The lowest BCUT2D eigenvalue weighted by Crippen LogP contribution is -2.37. The summed E-state index contributed by atoms with van der Waals surface area (Å²) in [7, 11) is 1.31.